The summed E-state index contributed by atoms with van der Waals surface area (Å²) in [6, 6.07) is 21.5. The van der Waals surface area contributed by atoms with Crippen LogP contribution in [0.5, 0.6) is 0 Å². The van der Waals surface area contributed by atoms with Crippen molar-refractivity contribution < 1.29 is 0 Å². The monoisotopic (exact) mass is 492 g/mol. The van der Waals surface area contributed by atoms with Gasteiger partial charge in [-0.2, -0.15) is 0 Å². The largest absolute Gasteiger partial charge is 0.352 e. The minimum atomic E-state index is 0.00302. The molecule has 194 valence electrons. The molecular formula is C35H44N2. The fourth-order valence-electron chi connectivity index (χ4n) is 8.14. The number of fused-ring (bicyclic) bond motifs is 8. The molecule has 1 aliphatic carbocycles. The van der Waals surface area contributed by atoms with E-state index in [1.165, 1.54) is 63.3 Å². The van der Waals surface area contributed by atoms with Gasteiger partial charge in [0.2, 0.25) is 0 Å². The second-order valence-electron chi connectivity index (χ2n) is 12.8. The van der Waals surface area contributed by atoms with Crippen molar-refractivity contribution in [2.45, 2.75) is 97.6 Å². The first kappa shape index (κ1) is 24.6. The Morgan fingerprint density at radius 1 is 0.730 bits per heavy atom. The molecule has 3 aromatic rings. The molecule has 0 amide bonds. The lowest BCUT2D eigenvalue weighted by atomic mass is 9.54. The molecular weight excluding hydrogens is 448 g/mol. The van der Waals surface area contributed by atoms with Gasteiger partial charge in [-0.3, -0.25) is 0 Å². The Balaban J connectivity index is 1.64. The normalized spacial score (nSPS) is 26.4. The number of nitrogens with zero attached hydrogens (tertiary/aromatic N) is 2. The Morgan fingerprint density at radius 3 is 2.19 bits per heavy atom. The standard InChI is InChI=1S/C35H44N2/c1-9-12-15-23-18-19-29-31(20-23)36(8)32-35(7,11-3)34(6,10-2)28-21-25-24-16-13-14-17-26(24)33(4,5)27(25)22-30(28)37(29)32/h13-14,16-22,32H,9-12,15H2,1-8H3. The van der Waals surface area contributed by atoms with Crippen LogP contribution in [0.25, 0.3) is 11.1 Å². The van der Waals surface area contributed by atoms with Crippen molar-refractivity contribution in [1.29, 1.82) is 0 Å². The fraction of sp³-hybridized carbons (Fsp3) is 0.486. The van der Waals surface area contributed by atoms with Crippen LogP contribution in [0.1, 0.15) is 96.4 Å². The van der Waals surface area contributed by atoms with E-state index >= 15 is 0 Å². The summed E-state index contributed by atoms with van der Waals surface area (Å²) in [5.74, 6) is 0. The summed E-state index contributed by atoms with van der Waals surface area (Å²) in [5, 5.41) is 0. The topological polar surface area (TPSA) is 6.48 Å². The summed E-state index contributed by atoms with van der Waals surface area (Å²) in [6.45, 7) is 17.0. The quantitative estimate of drug-likeness (QED) is 0.350. The van der Waals surface area contributed by atoms with E-state index in [4.69, 9.17) is 0 Å². The van der Waals surface area contributed by atoms with Gasteiger partial charge in [-0.05, 0) is 83.3 Å². The lowest BCUT2D eigenvalue weighted by Gasteiger charge is -2.59. The van der Waals surface area contributed by atoms with Crippen LogP contribution in [0, 0.1) is 5.41 Å². The summed E-state index contributed by atoms with van der Waals surface area (Å²) >= 11 is 0. The Kier molecular flexibility index (Phi) is 5.40. The van der Waals surface area contributed by atoms with Crippen LogP contribution in [0.15, 0.2) is 54.6 Å². The summed E-state index contributed by atoms with van der Waals surface area (Å²) < 4.78 is 0. The van der Waals surface area contributed by atoms with E-state index in [2.05, 4.69) is 120 Å². The average Bonchev–Trinajstić information content (AvgIpc) is 3.33. The van der Waals surface area contributed by atoms with Gasteiger partial charge in [0, 0.05) is 29.0 Å². The van der Waals surface area contributed by atoms with E-state index in [0.29, 0.717) is 6.17 Å². The van der Waals surface area contributed by atoms with Gasteiger partial charge in [0.15, 0.2) is 0 Å². The van der Waals surface area contributed by atoms with Crippen LogP contribution in [-0.2, 0) is 17.3 Å². The molecule has 0 N–H and O–H groups in total. The van der Waals surface area contributed by atoms with E-state index in [9.17, 15) is 0 Å². The highest BCUT2D eigenvalue weighted by molar-refractivity contribution is 5.91. The highest BCUT2D eigenvalue weighted by Gasteiger charge is 2.60. The molecule has 0 spiro atoms. The lowest BCUT2D eigenvalue weighted by Crippen LogP contribution is -2.62. The Bertz CT molecular complexity index is 1380. The molecule has 2 heteroatoms. The second-order valence-corrected chi connectivity index (χ2v) is 12.8. The zero-order valence-electron chi connectivity index (χ0n) is 24.2. The molecule has 0 aromatic heterocycles. The number of rotatable bonds is 5. The van der Waals surface area contributed by atoms with Crippen molar-refractivity contribution in [3.05, 3.63) is 76.9 Å². The van der Waals surface area contributed by atoms with E-state index < -0.39 is 0 Å². The summed E-state index contributed by atoms with van der Waals surface area (Å²) in [6.07, 6.45) is 6.22. The number of anilines is 3. The van der Waals surface area contributed by atoms with Gasteiger partial charge >= 0.3 is 0 Å². The molecule has 2 heterocycles. The smallest absolute Gasteiger partial charge is 0.112 e. The highest BCUT2D eigenvalue weighted by Crippen LogP contribution is 2.64. The molecule has 6 rings (SSSR count). The van der Waals surface area contributed by atoms with Gasteiger partial charge in [-0.25, -0.2) is 0 Å². The van der Waals surface area contributed by atoms with Gasteiger partial charge in [0.25, 0.3) is 0 Å². The molecule has 37 heavy (non-hydrogen) atoms. The minimum absolute atomic E-state index is 0.00302. The van der Waals surface area contributed by atoms with Crippen LogP contribution in [-0.4, -0.2) is 13.2 Å². The predicted octanol–water partition coefficient (Wildman–Crippen LogP) is 9.35. The van der Waals surface area contributed by atoms with Crippen molar-refractivity contribution in [2.24, 2.45) is 5.41 Å². The molecule has 0 saturated heterocycles. The second kappa shape index (κ2) is 8.13. The van der Waals surface area contributed by atoms with Crippen molar-refractivity contribution in [3.63, 3.8) is 0 Å². The number of aryl methyl sites for hydroxylation is 1. The van der Waals surface area contributed by atoms with Crippen molar-refractivity contribution in [3.8, 4) is 11.1 Å². The molecule has 2 nitrogen and oxygen atoms in total. The predicted molar refractivity (Wildman–Crippen MR) is 159 cm³/mol. The minimum Gasteiger partial charge on any atom is -0.352 e. The first-order valence-corrected chi connectivity index (χ1v) is 14.6. The zero-order chi connectivity index (χ0) is 26.3. The third-order valence-corrected chi connectivity index (χ3v) is 10.9. The summed E-state index contributed by atoms with van der Waals surface area (Å²) in [4.78, 5) is 5.33. The van der Waals surface area contributed by atoms with Crippen LogP contribution in [0.4, 0.5) is 17.1 Å². The Morgan fingerprint density at radius 2 is 1.49 bits per heavy atom. The lowest BCUT2D eigenvalue weighted by molar-refractivity contribution is 0.0944. The number of unbranched alkanes of at least 4 members (excludes halogenated alkanes) is 1. The van der Waals surface area contributed by atoms with Gasteiger partial charge in [0.1, 0.15) is 6.17 Å². The molecule has 0 fully saturated rings. The van der Waals surface area contributed by atoms with Crippen LogP contribution in [0.3, 0.4) is 0 Å². The van der Waals surface area contributed by atoms with E-state index in [0.717, 1.165) is 19.3 Å². The molecule has 3 atom stereocenters. The van der Waals surface area contributed by atoms with Gasteiger partial charge in [-0.1, -0.05) is 85.2 Å². The number of hydrogen-bond acceptors (Lipinski definition) is 2. The van der Waals surface area contributed by atoms with Crippen LogP contribution < -0.4 is 9.80 Å². The van der Waals surface area contributed by atoms with Crippen molar-refractivity contribution >= 4 is 17.1 Å². The average molecular weight is 493 g/mol. The van der Waals surface area contributed by atoms with E-state index in [1.807, 2.05) is 0 Å². The summed E-state index contributed by atoms with van der Waals surface area (Å²) in [7, 11) is 2.34. The molecule has 0 bridgehead atoms. The molecule has 0 saturated carbocycles. The van der Waals surface area contributed by atoms with Gasteiger partial charge < -0.3 is 9.80 Å². The van der Waals surface area contributed by atoms with E-state index in [-0.39, 0.29) is 16.2 Å². The first-order valence-electron chi connectivity index (χ1n) is 14.6. The fourth-order valence-corrected chi connectivity index (χ4v) is 8.14. The summed E-state index contributed by atoms with van der Waals surface area (Å²) in [5.41, 5.74) is 13.1. The third-order valence-electron chi connectivity index (χ3n) is 10.9. The zero-order valence-corrected chi connectivity index (χ0v) is 24.2. The maximum absolute atomic E-state index is 2.72. The maximum atomic E-state index is 2.72. The first-order chi connectivity index (χ1) is 17.6. The molecule has 0 radical (unpaired) electrons. The van der Waals surface area contributed by atoms with Crippen molar-refractivity contribution in [1.82, 2.24) is 0 Å². The Labute approximate surface area is 224 Å². The molecule has 3 aliphatic rings. The molecule has 3 aromatic carbocycles. The van der Waals surface area contributed by atoms with Gasteiger partial charge in [-0.15, -0.1) is 0 Å². The molecule has 2 aliphatic heterocycles. The maximum Gasteiger partial charge on any atom is 0.112 e. The van der Waals surface area contributed by atoms with E-state index in [1.54, 1.807) is 0 Å². The van der Waals surface area contributed by atoms with Crippen LogP contribution >= 0.6 is 0 Å². The van der Waals surface area contributed by atoms with Gasteiger partial charge in [0.05, 0.1) is 11.4 Å². The highest BCUT2D eigenvalue weighted by atomic mass is 15.4. The Hall–Kier alpha value is -2.74. The number of hydrogen-bond donors (Lipinski definition) is 0. The SMILES string of the molecule is CCCCc1ccc2c(c1)N(C)C1N2c2cc3c(cc2C(C)(CC)C1(C)CC)-c1ccccc1C3(C)C. The van der Waals surface area contributed by atoms with Crippen LogP contribution in [0.2, 0.25) is 0 Å². The number of benzene rings is 3. The van der Waals surface area contributed by atoms with Crippen molar-refractivity contribution in [2.75, 3.05) is 16.8 Å². The molecule has 3 unspecified atom stereocenters. The third kappa shape index (κ3) is 2.99.